The number of piperazine rings is 1. The predicted molar refractivity (Wildman–Crippen MR) is 55.9 cm³/mol. The lowest BCUT2D eigenvalue weighted by Gasteiger charge is -2.51. The lowest BCUT2D eigenvalue weighted by Crippen LogP contribution is -2.66. The van der Waals surface area contributed by atoms with E-state index in [1.54, 1.807) is 0 Å². The normalized spacial score (nSPS) is 39.9. The number of hydrogen-bond donors (Lipinski definition) is 1. The SMILES string of the molecule is CN1C2CCCCC2NCC1(C)C. The van der Waals surface area contributed by atoms with Crippen molar-refractivity contribution in [3.8, 4) is 0 Å². The van der Waals surface area contributed by atoms with Crippen molar-refractivity contribution in [2.45, 2.75) is 57.2 Å². The third-order valence-corrected chi connectivity index (χ3v) is 3.98. The van der Waals surface area contributed by atoms with E-state index >= 15 is 0 Å². The minimum atomic E-state index is 0.346. The fraction of sp³-hybridized carbons (Fsp3) is 1.00. The zero-order valence-electron chi connectivity index (χ0n) is 9.14. The van der Waals surface area contributed by atoms with Crippen LogP contribution in [0.15, 0.2) is 0 Å². The Bertz CT molecular complexity index is 189. The van der Waals surface area contributed by atoms with Gasteiger partial charge in [-0.3, -0.25) is 4.90 Å². The number of hydrogen-bond acceptors (Lipinski definition) is 2. The Morgan fingerprint density at radius 1 is 1.23 bits per heavy atom. The summed E-state index contributed by atoms with van der Waals surface area (Å²) in [4.78, 5) is 2.59. The first-order valence-corrected chi connectivity index (χ1v) is 5.57. The Morgan fingerprint density at radius 2 is 1.92 bits per heavy atom. The maximum absolute atomic E-state index is 3.70. The summed E-state index contributed by atoms with van der Waals surface area (Å²) in [6.45, 7) is 5.82. The molecule has 2 nitrogen and oxygen atoms in total. The van der Waals surface area contributed by atoms with Crippen molar-refractivity contribution in [2.24, 2.45) is 0 Å². The van der Waals surface area contributed by atoms with Crippen LogP contribution in [0.3, 0.4) is 0 Å². The number of nitrogens with one attached hydrogen (secondary N) is 1. The zero-order valence-corrected chi connectivity index (χ0v) is 9.14. The molecule has 2 unspecified atom stereocenters. The number of fused-ring (bicyclic) bond motifs is 1. The van der Waals surface area contributed by atoms with Crippen molar-refractivity contribution in [1.82, 2.24) is 10.2 Å². The summed E-state index contributed by atoms with van der Waals surface area (Å²) in [5.41, 5.74) is 0.346. The van der Waals surface area contributed by atoms with Gasteiger partial charge in [0.2, 0.25) is 0 Å². The Balaban J connectivity index is 2.10. The average molecular weight is 182 g/mol. The van der Waals surface area contributed by atoms with Gasteiger partial charge in [0, 0.05) is 24.2 Å². The van der Waals surface area contributed by atoms with Crippen LogP contribution < -0.4 is 5.32 Å². The van der Waals surface area contributed by atoms with Crippen LogP contribution in [0.5, 0.6) is 0 Å². The molecule has 2 atom stereocenters. The zero-order chi connectivity index (χ0) is 9.47. The molecule has 1 N–H and O–H groups in total. The predicted octanol–water partition coefficient (Wildman–Crippen LogP) is 1.61. The second-order valence-electron chi connectivity index (χ2n) is 5.26. The second kappa shape index (κ2) is 3.25. The molecule has 13 heavy (non-hydrogen) atoms. The summed E-state index contributed by atoms with van der Waals surface area (Å²) >= 11 is 0. The molecule has 2 heteroatoms. The lowest BCUT2D eigenvalue weighted by atomic mass is 9.83. The van der Waals surface area contributed by atoms with Crippen molar-refractivity contribution >= 4 is 0 Å². The highest BCUT2D eigenvalue weighted by Crippen LogP contribution is 2.30. The Hall–Kier alpha value is -0.0800. The van der Waals surface area contributed by atoms with E-state index in [9.17, 15) is 0 Å². The van der Waals surface area contributed by atoms with Gasteiger partial charge in [-0.25, -0.2) is 0 Å². The van der Waals surface area contributed by atoms with Gasteiger partial charge in [-0.15, -0.1) is 0 Å². The summed E-state index contributed by atoms with van der Waals surface area (Å²) in [5, 5.41) is 3.70. The molecule has 0 radical (unpaired) electrons. The fourth-order valence-corrected chi connectivity index (χ4v) is 2.77. The van der Waals surface area contributed by atoms with Crippen LogP contribution in [0.4, 0.5) is 0 Å². The molecule has 1 saturated heterocycles. The van der Waals surface area contributed by atoms with E-state index in [2.05, 4.69) is 31.1 Å². The lowest BCUT2D eigenvalue weighted by molar-refractivity contribution is 0.0155. The first kappa shape index (κ1) is 9.47. The average Bonchev–Trinajstić information content (AvgIpc) is 2.13. The highest BCUT2D eigenvalue weighted by atomic mass is 15.3. The monoisotopic (exact) mass is 182 g/mol. The standard InChI is InChI=1S/C11H22N2/c1-11(2)8-12-9-6-4-5-7-10(9)13(11)3/h9-10,12H,4-8H2,1-3H3. The summed E-state index contributed by atoms with van der Waals surface area (Å²) in [5.74, 6) is 0. The number of nitrogens with zero attached hydrogens (tertiary/aromatic N) is 1. The van der Waals surface area contributed by atoms with Crippen molar-refractivity contribution in [2.75, 3.05) is 13.6 Å². The third kappa shape index (κ3) is 1.62. The van der Waals surface area contributed by atoms with E-state index in [-0.39, 0.29) is 0 Å². The van der Waals surface area contributed by atoms with Gasteiger partial charge in [-0.2, -0.15) is 0 Å². The van der Waals surface area contributed by atoms with Crippen molar-refractivity contribution < 1.29 is 0 Å². The van der Waals surface area contributed by atoms with Crippen LogP contribution >= 0.6 is 0 Å². The van der Waals surface area contributed by atoms with Gasteiger partial charge in [-0.05, 0) is 33.7 Å². The van der Waals surface area contributed by atoms with E-state index < -0.39 is 0 Å². The van der Waals surface area contributed by atoms with Crippen LogP contribution in [-0.2, 0) is 0 Å². The minimum Gasteiger partial charge on any atom is -0.311 e. The summed E-state index contributed by atoms with van der Waals surface area (Å²) < 4.78 is 0. The van der Waals surface area contributed by atoms with Crippen molar-refractivity contribution in [3.05, 3.63) is 0 Å². The van der Waals surface area contributed by atoms with E-state index in [1.807, 2.05) is 0 Å². The first-order chi connectivity index (χ1) is 6.11. The van der Waals surface area contributed by atoms with E-state index in [4.69, 9.17) is 0 Å². The molecule has 2 fully saturated rings. The summed E-state index contributed by atoms with van der Waals surface area (Å²) in [6.07, 6.45) is 5.61. The molecule has 0 bridgehead atoms. The Morgan fingerprint density at radius 3 is 2.69 bits per heavy atom. The molecular weight excluding hydrogens is 160 g/mol. The maximum Gasteiger partial charge on any atom is 0.0278 e. The molecular formula is C11H22N2. The smallest absolute Gasteiger partial charge is 0.0278 e. The molecule has 76 valence electrons. The van der Waals surface area contributed by atoms with Crippen LogP contribution in [0.1, 0.15) is 39.5 Å². The first-order valence-electron chi connectivity index (χ1n) is 5.57. The Labute approximate surface area is 81.7 Å². The molecule has 2 rings (SSSR count). The maximum atomic E-state index is 3.70. The van der Waals surface area contributed by atoms with E-state index in [1.165, 1.54) is 25.7 Å². The van der Waals surface area contributed by atoms with Gasteiger partial charge < -0.3 is 5.32 Å². The van der Waals surface area contributed by atoms with Gasteiger partial charge in [0.1, 0.15) is 0 Å². The highest BCUT2D eigenvalue weighted by molar-refractivity contribution is 4.99. The van der Waals surface area contributed by atoms with Crippen LogP contribution in [0.25, 0.3) is 0 Å². The van der Waals surface area contributed by atoms with Crippen LogP contribution in [0, 0.1) is 0 Å². The van der Waals surface area contributed by atoms with Gasteiger partial charge in [0.15, 0.2) is 0 Å². The van der Waals surface area contributed by atoms with Gasteiger partial charge >= 0.3 is 0 Å². The number of rotatable bonds is 0. The molecule has 0 spiro atoms. The fourth-order valence-electron chi connectivity index (χ4n) is 2.77. The molecule has 0 aromatic carbocycles. The van der Waals surface area contributed by atoms with Gasteiger partial charge in [0.05, 0.1) is 0 Å². The largest absolute Gasteiger partial charge is 0.311 e. The molecule has 0 amide bonds. The molecule has 1 aliphatic carbocycles. The Kier molecular flexibility index (Phi) is 2.37. The number of likely N-dealkylation sites (N-methyl/N-ethyl adjacent to an activating group) is 1. The molecule has 0 aromatic rings. The molecule has 1 saturated carbocycles. The quantitative estimate of drug-likeness (QED) is 0.612. The van der Waals surface area contributed by atoms with Gasteiger partial charge in [0.25, 0.3) is 0 Å². The van der Waals surface area contributed by atoms with Crippen LogP contribution in [-0.4, -0.2) is 36.1 Å². The van der Waals surface area contributed by atoms with Crippen LogP contribution in [0.2, 0.25) is 0 Å². The molecule has 0 aromatic heterocycles. The van der Waals surface area contributed by atoms with E-state index in [0.29, 0.717) is 5.54 Å². The van der Waals surface area contributed by atoms with Crippen molar-refractivity contribution in [1.29, 1.82) is 0 Å². The second-order valence-corrected chi connectivity index (χ2v) is 5.26. The molecule has 1 heterocycles. The minimum absolute atomic E-state index is 0.346. The topological polar surface area (TPSA) is 15.3 Å². The highest BCUT2D eigenvalue weighted by Gasteiger charge is 2.39. The van der Waals surface area contributed by atoms with Gasteiger partial charge in [-0.1, -0.05) is 12.8 Å². The summed E-state index contributed by atoms with van der Waals surface area (Å²) in [7, 11) is 2.30. The third-order valence-electron chi connectivity index (χ3n) is 3.98. The molecule has 2 aliphatic rings. The molecule has 1 aliphatic heterocycles. The summed E-state index contributed by atoms with van der Waals surface area (Å²) in [6, 6.07) is 1.56. The van der Waals surface area contributed by atoms with E-state index in [0.717, 1.165) is 18.6 Å². The van der Waals surface area contributed by atoms with Crippen molar-refractivity contribution in [3.63, 3.8) is 0 Å².